The molecule has 0 fully saturated rings. The number of hydrogen-bond acceptors (Lipinski definition) is 4. The molecule has 0 bridgehead atoms. The molecule has 2 aromatic carbocycles. The Kier molecular flexibility index (Phi) is 4.38. The van der Waals surface area contributed by atoms with Gasteiger partial charge in [-0.15, -0.1) is 0 Å². The van der Waals surface area contributed by atoms with Crippen molar-refractivity contribution in [3.05, 3.63) is 48.0 Å². The molecule has 0 unspecified atom stereocenters. The molecular formula is C17H16O4. The van der Waals surface area contributed by atoms with E-state index in [1.54, 1.807) is 18.2 Å². The molecule has 0 saturated heterocycles. The maximum atomic E-state index is 10.9. The third-order valence-corrected chi connectivity index (χ3v) is 2.89. The van der Waals surface area contributed by atoms with Gasteiger partial charge in [0.05, 0.1) is 0 Å². The molecule has 4 nitrogen and oxygen atoms in total. The number of rotatable bonds is 3. The van der Waals surface area contributed by atoms with Gasteiger partial charge < -0.3 is 9.47 Å². The summed E-state index contributed by atoms with van der Waals surface area (Å²) in [5.74, 6) is 0.360. The van der Waals surface area contributed by atoms with Gasteiger partial charge >= 0.3 is 11.9 Å². The fourth-order valence-corrected chi connectivity index (χ4v) is 2.06. The van der Waals surface area contributed by atoms with Crippen LogP contribution >= 0.6 is 0 Å². The van der Waals surface area contributed by atoms with E-state index in [0.29, 0.717) is 11.5 Å². The molecule has 2 rings (SSSR count). The van der Waals surface area contributed by atoms with E-state index in [1.165, 1.54) is 13.8 Å². The van der Waals surface area contributed by atoms with Crippen LogP contribution in [0, 0.1) is 6.92 Å². The number of aryl methyl sites for hydroxylation is 1. The lowest BCUT2D eigenvalue weighted by molar-refractivity contribution is -0.132. The van der Waals surface area contributed by atoms with Crippen molar-refractivity contribution in [1.29, 1.82) is 0 Å². The van der Waals surface area contributed by atoms with Gasteiger partial charge in [-0.2, -0.15) is 0 Å². The van der Waals surface area contributed by atoms with Gasteiger partial charge in [-0.1, -0.05) is 18.2 Å². The zero-order valence-corrected chi connectivity index (χ0v) is 12.2. The summed E-state index contributed by atoms with van der Waals surface area (Å²) in [6, 6.07) is 12.7. The van der Waals surface area contributed by atoms with Crippen LogP contribution in [-0.4, -0.2) is 11.9 Å². The van der Waals surface area contributed by atoms with Crippen molar-refractivity contribution >= 4 is 11.9 Å². The van der Waals surface area contributed by atoms with Crippen LogP contribution in [0.15, 0.2) is 42.5 Å². The molecule has 0 heterocycles. The quantitative estimate of drug-likeness (QED) is 0.639. The van der Waals surface area contributed by atoms with E-state index in [2.05, 4.69) is 0 Å². The third kappa shape index (κ3) is 3.92. The second kappa shape index (κ2) is 6.22. The van der Waals surface area contributed by atoms with Gasteiger partial charge in [-0.25, -0.2) is 0 Å². The average Bonchev–Trinajstić information content (AvgIpc) is 2.39. The monoisotopic (exact) mass is 284 g/mol. The van der Waals surface area contributed by atoms with E-state index in [1.807, 2.05) is 31.2 Å². The Bertz CT molecular complexity index is 672. The minimum atomic E-state index is -0.343. The molecule has 21 heavy (non-hydrogen) atoms. The number of carbonyl (C=O) groups is 2. The standard InChI is InChI=1S/C17H16O4/c1-11-10-16(21-13(3)19)8-9-17(11)14-4-6-15(7-5-14)20-12(2)18/h4-10H,1-3H3. The van der Waals surface area contributed by atoms with Gasteiger partial charge in [0.15, 0.2) is 0 Å². The number of carbonyl (C=O) groups excluding carboxylic acids is 2. The Morgan fingerprint density at radius 1 is 0.810 bits per heavy atom. The molecule has 0 aliphatic rings. The van der Waals surface area contributed by atoms with Crippen molar-refractivity contribution in [2.24, 2.45) is 0 Å². The van der Waals surface area contributed by atoms with Crippen molar-refractivity contribution in [2.45, 2.75) is 20.8 Å². The minimum absolute atomic E-state index is 0.340. The first-order chi connectivity index (χ1) is 9.95. The zero-order chi connectivity index (χ0) is 15.4. The second-order valence-electron chi connectivity index (χ2n) is 4.69. The van der Waals surface area contributed by atoms with Crippen LogP contribution in [0.2, 0.25) is 0 Å². The lowest BCUT2D eigenvalue weighted by atomic mass is 10.0. The van der Waals surface area contributed by atoms with Gasteiger partial charge in [0.25, 0.3) is 0 Å². The Hall–Kier alpha value is -2.62. The SMILES string of the molecule is CC(=O)Oc1ccc(-c2ccc(OC(C)=O)cc2C)cc1. The van der Waals surface area contributed by atoms with E-state index in [9.17, 15) is 9.59 Å². The van der Waals surface area contributed by atoms with Crippen LogP contribution in [0.1, 0.15) is 19.4 Å². The first kappa shape index (κ1) is 14.8. The summed E-state index contributed by atoms with van der Waals surface area (Å²) in [4.78, 5) is 21.8. The highest BCUT2D eigenvalue weighted by Gasteiger charge is 2.06. The molecule has 0 spiro atoms. The number of hydrogen-bond donors (Lipinski definition) is 0. The molecule has 0 saturated carbocycles. The Morgan fingerprint density at radius 2 is 1.33 bits per heavy atom. The van der Waals surface area contributed by atoms with E-state index in [4.69, 9.17) is 9.47 Å². The summed E-state index contributed by atoms with van der Waals surface area (Å²) in [6.45, 7) is 4.69. The predicted molar refractivity (Wildman–Crippen MR) is 79.2 cm³/mol. The van der Waals surface area contributed by atoms with Crippen LogP contribution in [0.3, 0.4) is 0 Å². The van der Waals surface area contributed by atoms with E-state index < -0.39 is 0 Å². The summed E-state index contributed by atoms with van der Waals surface area (Å²) in [6.07, 6.45) is 0. The van der Waals surface area contributed by atoms with E-state index >= 15 is 0 Å². The molecule has 108 valence electrons. The van der Waals surface area contributed by atoms with E-state index in [0.717, 1.165) is 16.7 Å². The highest BCUT2D eigenvalue weighted by Crippen LogP contribution is 2.28. The van der Waals surface area contributed by atoms with Crippen LogP contribution in [0.5, 0.6) is 11.5 Å². The predicted octanol–water partition coefficient (Wildman–Crippen LogP) is 3.51. The van der Waals surface area contributed by atoms with E-state index in [-0.39, 0.29) is 11.9 Å². The summed E-state index contributed by atoms with van der Waals surface area (Å²) >= 11 is 0. The first-order valence-electron chi connectivity index (χ1n) is 6.53. The molecule has 0 aliphatic heterocycles. The van der Waals surface area contributed by atoms with Crippen LogP contribution in [0.4, 0.5) is 0 Å². The third-order valence-electron chi connectivity index (χ3n) is 2.89. The van der Waals surface area contributed by atoms with Gasteiger partial charge in [-0.3, -0.25) is 9.59 Å². The average molecular weight is 284 g/mol. The van der Waals surface area contributed by atoms with Crippen molar-refractivity contribution in [3.8, 4) is 22.6 Å². The molecule has 0 radical (unpaired) electrons. The van der Waals surface area contributed by atoms with Gasteiger partial charge in [-0.05, 0) is 47.9 Å². The number of benzene rings is 2. The molecule has 0 amide bonds. The maximum Gasteiger partial charge on any atom is 0.308 e. The van der Waals surface area contributed by atoms with Gasteiger partial charge in [0.1, 0.15) is 11.5 Å². The molecule has 0 atom stereocenters. The summed E-state index contributed by atoms with van der Waals surface area (Å²) in [5.41, 5.74) is 3.02. The van der Waals surface area contributed by atoms with Crippen molar-refractivity contribution < 1.29 is 19.1 Å². The largest absolute Gasteiger partial charge is 0.427 e. The second-order valence-corrected chi connectivity index (χ2v) is 4.69. The maximum absolute atomic E-state index is 10.9. The number of ether oxygens (including phenoxy) is 2. The Labute approximate surface area is 123 Å². The molecule has 4 heteroatoms. The van der Waals surface area contributed by atoms with Crippen molar-refractivity contribution in [3.63, 3.8) is 0 Å². The highest BCUT2D eigenvalue weighted by molar-refractivity contribution is 5.73. The summed E-state index contributed by atoms with van der Waals surface area (Å²) in [7, 11) is 0. The van der Waals surface area contributed by atoms with Crippen LogP contribution in [-0.2, 0) is 9.59 Å². The van der Waals surface area contributed by atoms with Crippen LogP contribution < -0.4 is 9.47 Å². The molecule has 2 aromatic rings. The smallest absolute Gasteiger partial charge is 0.308 e. The summed E-state index contributed by atoms with van der Waals surface area (Å²) in [5, 5.41) is 0. The van der Waals surface area contributed by atoms with Crippen molar-refractivity contribution in [2.75, 3.05) is 0 Å². The minimum Gasteiger partial charge on any atom is -0.427 e. The van der Waals surface area contributed by atoms with Crippen LogP contribution in [0.25, 0.3) is 11.1 Å². The lowest BCUT2D eigenvalue weighted by Gasteiger charge is -2.09. The Balaban J connectivity index is 2.25. The fourth-order valence-electron chi connectivity index (χ4n) is 2.06. The highest BCUT2D eigenvalue weighted by atomic mass is 16.5. The number of esters is 2. The normalized spacial score (nSPS) is 10.0. The van der Waals surface area contributed by atoms with Crippen molar-refractivity contribution in [1.82, 2.24) is 0 Å². The fraction of sp³-hybridized carbons (Fsp3) is 0.176. The topological polar surface area (TPSA) is 52.6 Å². The molecule has 0 aliphatic carbocycles. The first-order valence-corrected chi connectivity index (χ1v) is 6.53. The molecule has 0 N–H and O–H groups in total. The summed E-state index contributed by atoms with van der Waals surface area (Å²) < 4.78 is 10.1. The van der Waals surface area contributed by atoms with Gasteiger partial charge in [0.2, 0.25) is 0 Å². The van der Waals surface area contributed by atoms with Gasteiger partial charge in [0, 0.05) is 13.8 Å². The molecule has 0 aromatic heterocycles. The molecular weight excluding hydrogens is 268 g/mol. The lowest BCUT2D eigenvalue weighted by Crippen LogP contribution is -2.01. The zero-order valence-electron chi connectivity index (χ0n) is 12.2. The Morgan fingerprint density at radius 3 is 1.86 bits per heavy atom.